The summed E-state index contributed by atoms with van der Waals surface area (Å²) in [5.41, 5.74) is -1.72. The van der Waals surface area contributed by atoms with E-state index in [1.165, 1.54) is 0 Å². The van der Waals surface area contributed by atoms with Gasteiger partial charge in [0.2, 0.25) is 6.29 Å². The van der Waals surface area contributed by atoms with Gasteiger partial charge in [-0.15, -0.1) is 17.6 Å². The van der Waals surface area contributed by atoms with Gasteiger partial charge in [-0.3, -0.25) is 4.79 Å². The second kappa shape index (κ2) is 17.4. The molecule has 1 aromatic heterocycles. The second-order valence-corrected chi connectivity index (χ2v) is 8.43. The number of hydrogen-bond donors (Lipinski definition) is 2. The normalized spacial score (nSPS) is 13.7. The topological polar surface area (TPSA) is 169 Å². The fraction of sp³-hybridized carbons (Fsp3) is 0.524. The molecular formula is C21H11F20NO12. The minimum Gasteiger partial charge on any atom is -0.477 e. The van der Waals surface area contributed by atoms with Crippen LogP contribution in [0.1, 0.15) is 21.0 Å². The van der Waals surface area contributed by atoms with E-state index in [9.17, 15) is 102 Å². The Morgan fingerprint density at radius 1 is 0.648 bits per heavy atom. The molecule has 1 heterocycles. The highest BCUT2D eigenvalue weighted by Gasteiger charge is 2.69. The number of aromatic carboxylic acids is 1. The lowest BCUT2D eigenvalue weighted by Gasteiger charge is -2.31. The highest BCUT2D eigenvalue weighted by Crippen LogP contribution is 2.45. The molecule has 0 radical (unpaired) electrons. The molecule has 0 aliphatic carbocycles. The Balaban J connectivity index is 0.00000115. The van der Waals surface area contributed by atoms with Gasteiger partial charge in [0, 0.05) is 0 Å². The van der Waals surface area contributed by atoms with Gasteiger partial charge in [0.15, 0.2) is 12.9 Å². The molecule has 0 aromatic carbocycles. The first-order valence-corrected chi connectivity index (χ1v) is 11.9. The number of pyridine rings is 1. The van der Waals surface area contributed by atoms with Crippen molar-refractivity contribution in [3.8, 4) is 0 Å². The summed E-state index contributed by atoms with van der Waals surface area (Å²) in [5, 5.41) is 16.5. The maximum atomic E-state index is 13.4. The maximum absolute atomic E-state index is 13.4. The summed E-state index contributed by atoms with van der Waals surface area (Å²) >= 11 is 0. The fourth-order valence-corrected chi connectivity index (χ4v) is 2.20. The number of ether oxygens (including phenoxy) is 7. The SMILES string of the molecule is O=CC(F)(F)OC(F)(F)OC(F)(F)C(F)(F)OC(F)(F)COC(=O)c1cccc(C(=O)O)n1.OCC(F)(F)OC(F)(F)OC(F)(F)C(F)(F)OC=C(F)F. The van der Waals surface area contributed by atoms with E-state index in [2.05, 4.69) is 28.7 Å². The van der Waals surface area contributed by atoms with E-state index < -0.39 is 111 Å². The van der Waals surface area contributed by atoms with Gasteiger partial charge in [-0.05, 0) is 12.1 Å². The van der Waals surface area contributed by atoms with Crippen LogP contribution in [0.4, 0.5) is 87.8 Å². The van der Waals surface area contributed by atoms with E-state index in [1.54, 1.807) is 0 Å². The van der Waals surface area contributed by atoms with Crippen molar-refractivity contribution in [3.63, 3.8) is 0 Å². The van der Waals surface area contributed by atoms with Crippen LogP contribution in [-0.2, 0) is 38.0 Å². The number of halogens is 20. The van der Waals surface area contributed by atoms with E-state index in [1.807, 2.05) is 9.47 Å². The average molecular weight is 849 g/mol. The predicted molar refractivity (Wildman–Crippen MR) is 116 cm³/mol. The van der Waals surface area contributed by atoms with Crippen LogP contribution in [0.5, 0.6) is 0 Å². The van der Waals surface area contributed by atoms with Crippen LogP contribution >= 0.6 is 0 Å². The third kappa shape index (κ3) is 16.4. The van der Waals surface area contributed by atoms with Gasteiger partial charge in [-0.2, -0.15) is 70.2 Å². The van der Waals surface area contributed by atoms with E-state index in [4.69, 9.17) is 10.2 Å². The van der Waals surface area contributed by atoms with Crippen molar-refractivity contribution in [2.45, 2.75) is 55.3 Å². The van der Waals surface area contributed by atoms with Gasteiger partial charge < -0.3 is 19.7 Å². The minimum absolute atomic E-state index is 0.724. The lowest BCUT2D eigenvalue weighted by molar-refractivity contribution is -0.561. The molecule has 0 atom stereocenters. The van der Waals surface area contributed by atoms with Crippen molar-refractivity contribution in [3.05, 3.63) is 41.9 Å². The van der Waals surface area contributed by atoms with E-state index in [0.717, 1.165) is 18.2 Å². The number of esters is 1. The smallest absolute Gasteiger partial charge is 0.477 e. The Labute approximate surface area is 280 Å². The highest BCUT2D eigenvalue weighted by molar-refractivity contribution is 5.90. The summed E-state index contributed by atoms with van der Waals surface area (Å²) in [4.78, 5) is 35.1. The van der Waals surface area contributed by atoms with Crippen molar-refractivity contribution in [2.24, 2.45) is 0 Å². The second-order valence-electron chi connectivity index (χ2n) is 8.43. The highest BCUT2D eigenvalue weighted by atomic mass is 19.4. The average Bonchev–Trinajstić information content (AvgIpc) is 2.96. The Morgan fingerprint density at radius 2 is 1.09 bits per heavy atom. The van der Waals surface area contributed by atoms with Gasteiger partial charge in [-0.25, -0.2) is 38.3 Å². The summed E-state index contributed by atoms with van der Waals surface area (Å²) in [6.07, 6.45) is -60.2. The number of hydrogen-bond acceptors (Lipinski definition) is 12. The van der Waals surface area contributed by atoms with Gasteiger partial charge in [0.05, 0.1) is 0 Å². The Kier molecular flexibility index (Phi) is 16.0. The molecule has 312 valence electrons. The molecule has 54 heavy (non-hydrogen) atoms. The first kappa shape index (κ1) is 49.7. The molecule has 0 saturated heterocycles. The van der Waals surface area contributed by atoms with Gasteiger partial charge in [0.25, 0.3) is 0 Å². The van der Waals surface area contributed by atoms with Crippen LogP contribution < -0.4 is 0 Å². The van der Waals surface area contributed by atoms with E-state index in [0.29, 0.717) is 0 Å². The number of nitrogens with zero attached hydrogens (tertiary/aromatic N) is 1. The van der Waals surface area contributed by atoms with Gasteiger partial charge in [-0.1, -0.05) is 6.07 Å². The monoisotopic (exact) mass is 849 g/mol. The number of carbonyl (C=O) groups is 3. The molecular weight excluding hydrogens is 838 g/mol. The molecule has 0 aliphatic heterocycles. The van der Waals surface area contributed by atoms with Crippen molar-refractivity contribution < 1.29 is 146 Å². The number of aliphatic hydroxyl groups excluding tert-OH is 1. The fourth-order valence-electron chi connectivity index (χ4n) is 2.20. The molecule has 0 aliphatic rings. The van der Waals surface area contributed by atoms with Crippen molar-refractivity contribution in [1.82, 2.24) is 4.98 Å². The standard InChI is InChI=1S/C14H7F10NO8.C7H4F10O4/c15-10(16,4-26)32-14(23,24)33-13(21,22)12(19,20)31-11(17,18)5-30-9(29)7-3-1-2-6(25-7)8(27)28;8-3(9)1-19-5(12,13)6(14,15)21-7(16,17)20-4(10,11)2-18/h1-4H,5H2,(H,27,28);1,18H,2H2. The van der Waals surface area contributed by atoms with Crippen LogP contribution in [0.2, 0.25) is 0 Å². The summed E-state index contributed by atoms with van der Waals surface area (Å²) in [6.45, 7) is -4.98. The quantitative estimate of drug-likeness (QED) is 0.0501. The molecule has 1 aromatic rings. The molecule has 0 amide bonds. The van der Waals surface area contributed by atoms with Crippen LogP contribution in [-0.4, -0.2) is 102 Å². The third-order valence-electron chi connectivity index (χ3n) is 4.14. The third-order valence-corrected chi connectivity index (χ3v) is 4.14. The molecule has 0 fully saturated rings. The predicted octanol–water partition coefficient (Wildman–Crippen LogP) is 6.20. The number of carboxylic acid groups (broad SMARTS) is 1. The molecule has 1 rings (SSSR count). The molecule has 0 spiro atoms. The largest absolute Gasteiger partial charge is 0.495 e. The number of rotatable bonds is 20. The Morgan fingerprint density at radius 3 is 1.54 bits per heavy atom. The molecule has 13 nitrogen and oxygen atoms in total. The van der Waals surface area contributed by atoms with Crippen molar-refractivity contribution in [2.75, 3.05) is 13.2 Å². The zero-order valence-corrected chi connectivity index (χ0v) is 24.3. The number of aromatic nitrogens is 1. The first-order chi connectivity index (χ1) is 23.9. The van der Waals surface area contributed by atoms with Crippen molar-refractivity contribution in [1.29, 1.82) is 0 Å². The van der Waals surface area contributed by atoms with E-state index in [-0.39, 0.29) is 0 Å². The number of alkyl halides is 18. The summed E-state index contributed by atoms with van der Waals surface area (Å²) in [5.74, 6) is -3.55. The zero-order chi connectivity index (χ0) is 43.0. The first-order valence-electron chi connectivity index (χ1n) is 11.9. The summed E-state index contributed by atoms with van der Waals surface area (Å²) in [6, 6.07) is 2.47. The maximum Gasteiger partial charge on any atom is 0.495 e. The van der Waals surface area contributed by atoms with Crippen LogP contribution in [0.15, 0.2) is 30.5 Å². The van der Waals surface area contributed by atoms with Gasteiger partial charge >= 0.3 is 73.4 Å². The summed E-state index contributed by atoms with van der Waals surface area (Å²) < 4.78 is 269. The lowest BCUT2D eigenvalue weighted by Crippen LogP contribution is -2.53. The van der Waals surface area contributed by atoms with Gasteiger partial charge in [0.1, 0.15) is 18.0 Å². The molecule has 33 heteroatoms. The van der Waals surface area contributed by atoms with Crippen LogP contribution in [0.25, 0.3) is 0 Å². The van der Waals surface area contributed by atoms with Crippen LogP contribution in [0.3, 0.4) is 0 Å². The lowest BCUT2D eigenvalue weighted by atomic mass is 10.3. The number of carboxylic acids is 1. The van der Waals surface area contributed by atoms with Crippen molar-refractivity contribution >= 4 is 18.2 Å². The Hall–Kier alpha value is -4.34. The zero-order valence-electron chi connectivity index (χ0n) is 24.3. The van der Waals surface area contributed by atoms with E-state index >= 15 is 0 Å². The molecule has 0 saturated carbocycles. The van der Waals surface area contributed by atoms with Crippen LogP contribution in [0, 0.1) is 0 Å². The number of aliphatic hydroxyl groups is 1. The Bertz CT molecular complexity index is 1470. The molecule has 0 bridgehead atoms. The molecule has 0 unspecified atom stereocenters. The minimum atomic E-state index is -6.78. The summed E-state index contributed by atoms with van der Waals surface area (Å²) in [7, 11) is 0. The molecule has 2 N–H and O–H groups in total. The number of aldehydes is 1. The number of carbonyl (C=O) groups excluding carboxylic acids is 2.